The van der Waals surface area contributed by atoms with Crippen molar-refractivity contribution in [2.45, 2.75) is 33.1 Å². The van der Waals surface area contributed by atoms with Gasteiger partial charge in [0.05, 0.1) is 12.8 Å². The first-order chi connectivity index (χ1) is 10.7. The van der Waals surface area contributed by atoms with Crippen molar-refractivity contribution in [1.29, 1.82) is 0 Å². The molecule has 118 valence electrons. The van der Waals surface area contributed by atoms with Gasteiger partial charge < -0.3 is 9.84 Å². The van der Waals surface area contributed by atoms with Crippen molar-refractivity contribution in [2.75, 3.05) is 6.61 Å². The third-order valence-electron chi connectivity index (χ3n) is 3.11. The van der Waals surface area contributed by atoms with Gasteiger partial charge in [0.1, 0.15) is 0 Å². The number of nitrogens with one attached hydrogen (secondary N) is 1. The number of unbranched alkanes of at least 4 members (excludes halogenated alkanes) is 1. The molecule has 7 heteroatoms. The molecule has 1 heterocycles. The second-order valence-corrected chi connectivity index (χ2v) is 5.12. The van der Waals surface area contributed by atoms with E-state index in [-0.39, 0.29) is 5.75 Å². The van der Waals surface area contributed by atoms with E-state index in [9.17, 15) is 5.11 Å². The molecule has 0 aliphatic heterocycles. The third-order valence-corrected chi connectivity index (χ3v) is 3.38. The van der Waals surface area contributed by atoms with Crippen LogP contribution in [-0.2, 0) is 6.42 Å². The van der Waals surface area contributed by atoms with Crippen LogP contribution in [0, 0.1) is 4.77 Å². The number of aromatic nitrogens is 3. The molecular weight excluding hydrogens is 300 g/mol. The highest BCUT2D eigenvalue weighted by atomic mass is 32.1. The average Bonchev–Trinajstić information content (AvgIpc) is 2.86. The van der Waals surface area contributed by atoms with E-state index in [0.717, 1.165) is 25.1 Å². The van der Waals surface area contributed by atoms with E-state index in [2.05, 4.69) is 22.2 Å². The molecule has 1 aromatic heterocycles. The van der Waals surface area contributed by atoms with E-state index in [1.807, 2.05) is 6.92 Å². The number of H-pyrrole nitrogens is 1. The minimum absolute atomic E-state index is 0.0678. The lowest BCUT2D eigenvalue weighted by Crippen LogP contribution is -2.00. The van der Waals surface area contributed by atoms with Crippen molar-refractivity contribution in [3.63, 3.8) is 0 Å². The Bertz CT molecular complexity index is 706. The fourth-order valence-corrected chi connectivity index (χ4v) is 2.17. The smallest absolute Gasteiger partial charge is 0.216 e. The lowest BCUT2D eigenvalue weighted by Gasteiger charge is -2.07. The summed E-state index contributed by atoms with van der Waals surface area (Å²) in [7, 11) is 0. The van der Waals surface area contributed by atoms with E-state index in [0.29, 0.717) is 22.7 Å². The maximum Gasteiger partial charge on any atom is 0.216 e. The summed E-state index contributed by atoms with van der Waals surface area (Å²) in [6, 6.07) is 5.28. The van der Waals surface area contributed by atoms with Crippen molar-refractivity contribution in [1.82, 2.24) is 14.9 Å². The van der Waals surface area contributed by atoms with Crippen molar-refractivity contribution >= 4 is 18.4 Å². The molecule has 0 saturated carbocycles. The summed E-state index contributed by atoms with van der Waals surface area (Å²) >= 11 is 5.18. The molecule has 0 spiro atoms. The number of para-hydroxylation sites is 1. The van der Waals surface area contributed by atoms with Gasteiger partial charge in [-0.1, -0.05) is 19.4 Å². The molecule has 6 nitrogen and oxygen atoms in total. The summed E-state index contributed by atoms with van der Waals surface area (Å²) in [4.78, 5) is 0. The van der Waals surface area contributed by atoms with Gasteiger partial charge in [0.2, 0.25) is 4.77 Å². The Labute approximate surface area is 134 Å². The van der Waals surface area contributed by atoms with Crippen LogP contribution in [0.4, 0.5) is 0 Å². The molecule has 2 N–H and O–H groups in total. The Balaban J connectivity index is 2.27. The first kappa shape index (κ1) is 16.2. The molecule has 0 aliphatic rings. The molecule has 0 unspecified atom stereocenters. The van der Waals surface area contributed by atoms with Gasteiger partial charge >= 0.3 is 0 Å². The highest BCUT2D eigenvalue weighted by Crippen LogP contribution is 2.28. The molecule has 2 rings (SSSR count). The van der Waals surface area contributed by atoms with Crippen LogP contribution in [0.2, 0.25) is 0 Å². The molecule has 1 aromatic carbocycles. The van der Waals surface area contributed by atoms with Gasteiger partial charge in [-0.05, 0) is 37.7 Å². The molecule has 0 amide bonds. The number of phenolic OH excluding ortho intramolecular Hbond substituents is 1. The molecule has 0 saturated heterocycles. The number of aryl methyl sites for hydroxylation is 1. The number of aromatic amines is 1. The van der Waals surface area contributed by atoms with Crippen LogP contribution >= 0.6 is 12.2 Å². The third kappa shape index (κ3) is 3.73. The minimum atomic E-state index is 0.0678. The topological polar surface area (TPSA) is 75.4 Å². The van der Waals surface area contributed by atoms with Crippen LogP contribution in [0.1, 0.15) is 38.1 Å². The second-order valence-electron chi connectivity index (χ2n) is 4.73. The molecular formula is C15H20N4O2S. The molecule has 0 aliphatic carbocycles. The van der Waals surface area contributed by atoms with E-state index in [1.54, 1.807) is 29.1 Å². The van der Waals surface area contributed by atoms with Crippen LogP contribution in [0.25, 0.3) is 0 Å². The van der Waals surface area contributed by atoms with Gasteiger partial charge in [0.15, 0.2) is 17.3 Å². The fraction of sp³-hybridized carbons (Fsp3) is 0.400. The predicted molar refractivity (Wildman–Crippen MR) is 88.3 cm³/mol. The average molecular weight is 320 g/mol. The number of benzene rings is 1. The zero-order chi connectivity index (χ0) is 15.9. The standard InChI is InChI=1S/C15H20N4O2S/c1-3-5-9-13-17-18-15(22)19(13)16-10-11-7-6-8-12(14(11)20)21-4-2/h6-8,10,20H,3-5,9H2,1-2H3,(H,18,22)/b16-10-. The molecule has 22 heavy (non-hydrogen) atoms. The van der Waals surface area contributed by atoms with Crippen molar-refractivity contribution < 1.29 is 9.84 Å². The van der Waals surface area contributed by atoms with Crippen LogP contribution < -0.4 is 4.74 Å². The minimum Gasteiger partial charge on any atom is -0.504 e. The molecule has 0 radical (unpaired) electrons. The monoisotopic (exact) mass is 320 g/mol. The predicted octanol–water partition coefficient (Wildman–Crippen LogP) is 3.27. The zero-order valence-corrected chi connectivity index (χ0v) is 13.6. The van der Waals surface area contributed by atoms with Crippen LogP contribution in [-0.4, -0.2) is 32.8 Å². The summed E-state index contributed by atoms with van der Waals surface area (Å²) in [5.41, 5.74) is 0.565. The Morgan fingerprint density at radius 1 is 1.45 bits per heavy atom. The van der Waals surface area contributed by atoms with Crippen molar-refractivity contribution in [3.05, 3.63) is 34.4 Å². The normalized spacial score (nSPS) is 11.2. The largest absolute Gasteiger partial charge is 0.504 e. The highest BCUT2D eigenvalue weighted by molar-refractivity contribution is 7.71. The number of hydrogen-bond donors (Lipinski definition) is 2. The highest BCUT2D eigenvalue weighted by Gasteiger charge is 2.07. The van der Waals surface area contributed by atoms with Gasteiger partial charge in [-0.15, -0.1) is 0 Å². The van der Waals surface area contributed by atoms with E-state index in [4.69, 9.17) is 17.0 Å². The van der Waals surface area contributed by atoms with Crippen LogP contribution in [0.3, 0.4) is 0 Å². The second kappa shape index (κ2) is 7.74. The molecule has 0 fully saturated rings. The lowest BCUT2D eigenvalue weighted by molar-refractivity contribution is 0.318. The van der Waals surface area contributed by atoms with Gasteiger partial charge in [-0.25, -0.2) is 0 Å². The van der Waals surface area contributed by atoms with Crippen molar-refractivity contribution in [2.24, 2.45) is 5.10 Å². The van der Waals surface area contributed by atoms with Gasteiger partial charge in [-0.2, -0.15) is 14.9 Å². The summed E-state index contributed by atoms with van der Waals surface area (Å²) < 4.78 is 7.37. The van der Waals surface area contributed by atoms with Gasteiger partial charge in [0, 0.05) is 12.0 Å². The quantitative estimate of drug-likeness (QED) is 0.606. The Morgan fingerprint density at radius 3 is 3.00 bits per heavy atom. The number of phenols is 1. The zero-order valence-electron chi connectivity index (χ0n) is 12.7. The Hall–Kier alpha value is -2.15. The number of aromatic hydroxyl groups is 1. The summed E-state index contributed by atoms with van der Waals surface area (Å²) in [6.07, 6.45) is 4.44. The van der Waals surface area contributed by atoms with Crippen molar-refractivity contribution in [3.8, 4) is 11.5 Å². The van der Waals surface area contributed by atoms with E-state index < -0.39 is 0 Å². The summed E-state index contributed by atoms with van der Waals surface area (Å²) in [5.74, 6) is 1.29. The van der Waals surface area contributed by atoms with Gasteiger partial charge in [-0.3, -0.25) is 5.10 Å². The first-order valence-electron chi connectivity index (χ1n) is 7.32. The summed E-state index contributed by atoms with van der Waals surface area (Å²) in [6.45, 7) is 4.47. The SMILES string of the molecule is CCCCc1n[nH]c(=S)n1/N=C\c1cccc(OCC)c1O. The maximum absolute atomic E-state index is 10.2. The fourth-order valence-electron chi connectivity index (χ4n) is 1.98. The first-order valence-corrected chi connectivity index (χ1v) is 7.73. The lowest BCUT2D eigenvalue weighted by atomic mass is 10.2. The Kier molecular flexibility index (Phi) is 5.71. The van der Waals surface area contributed by atoms with Gasteiger partial charge in [0.25, 0.3) is 0 Å². The maximum atomic E-state index is 10.2. The van der Waals surface area contributed by atoms with E-state index >= 15 is 0 Å². The van der Waals surface area contributed by atoms with Crippen LogP contribution in [0.5, 0.6) is 11.5 Å². The Morgan fingerprint density at radius 2 is 2.27 bits per heavy atom. The molecule has 0 bridgehead atoms. The molecule has 0 atom stereocenters. The molecule has 2 aromatic rings. The number of hydrogen-bond acceptors (Lipinski definition) is 5. The van der Waals surface area contributed by atoms with E-state index in [1.165, 1.54) is 0 Å². The van der Waals surface area contributed by atoms with Crippen LogP contribution in [0.15, 0.2) is 23.3 Å². The number of nitrogens with zero attached hydrogens (tertiary/aromatic N) is 3. The summed E-state index contributed by atoms with van der Waals surface area (Å²) in [5, 5.41) is 21.4. The number of ether oxygens (including phenoxy) is 1. The number of rotatable bonds is 7.